The fourth-order valence-electron chi connectivity index (χ4n) is 7.01. The largest absolute Gasteiger partial charge is 0.475 e. The number of carbonyl (C=O) groups excluding carboxylic acids is 2. The Hall–Kier alpha value is -5.05. The molecule has 3 aromatic heterocycles. The molecular weight excluding hydrogens is 691 g/mol. The molecule has 2 aliphatic heterocycles. The summed E-state index contributed by atoms with van der Waals surface area (Å²) in [6, 6.07) is 17.7. The van der Waals surface area contributed by atoms with Gasteiger partial charge in [-0.3, -0.25) is 24.3 Å². The Morgan fingerprint density at radius 1 is 1.06 bits per heavy atom. The zero-order chi connectivity index (χ0) is 37.0. The zero-order valence-corrected chi connectivity index (χ0v) is 31.1. The Labute approximate surface area is 312 Å². The number of rotatable bonds is 13. The van der Waals surface area contributed by atoms with Gasteiger partial charge in [0.25, 0.3) is 0 Å². The Morgan fingerprint density at radius 3 is 2.58 bits per heavy atom. The smallest absolute Gasteiger partial charge is 0.237 e. The van der Waals surface area contributed by atoms with E-state index in [-0.39, 0.29) is 29.3 Å². The number of ether oxygens (including phenoxy) is 1. The predicted octanol–water partition coefficient (Wildman–Crippen LogP) is 5.11. The van der Waals surface area contributed by atoms with Gasteiger partial charge in [-0.25, -0.2) is 9.97 Å². The molecule has 0 radical (unpaired) electrons. The van der Waals surface area contributed by atoms with Crippen LogP contribution in [0.5, 0.6) is 5.88 Å². The van der Waals surface area contributed by atoms with Gasteiger partial charge in [0, 0.05) is 71.8 Å². The Morgan fingerprint density at radius 2 is 1.87 bits per heavy atom. The number of H-pyrrole nitrogens is 1. The van der Waals surface area contributed by atoms with Gasteiger partial charge in [-0.2, -0.15) is 22.0 Å². The number of aromatic amines is 1. The average molecular weight is 736 g/mol. The number of hydrogen-bond donors (Lipinski definition) is 3. The van der Waals surface area contributed by atoms with E-state index in [1.54, 1.807) is 29.0 Å². The second kappa shape index (κ2) is 15.9. The molecule has 1 atom stereocenters. The summed E-state index contributed by atoms with van der Waals surface area (Å²) in [4.78, 5) is 39.7. The maximum absolute atomic E-state index is 13.4. The summed E-state index contributed by atoms with van der Waals surface area (Å²) in [6.07, 6.45) is 9.57. The summed E-state index contributed by atoms with van der Waals surface area (Å²) in [5, 5.41) is 25.1. The number of anilines is 1. The number of fused-ring (bicyclic) bond motifs is 1. The van der Waals surface area contributed by atoms with Crippen molar-refractivity contribution in [3.8, 4) is 28.5 Å². The number of aromatic nitrogens is 6. The van der Waals surface area contributed by atoms with E-state index in [0.29, 0.717) is 56.5 Å². The van der Waals surface area contributed by atoms with Crippen LogP contribution >= 0.6 is 11.8 Å². The molecule has 1 saturated heterocycles. The molecule has 0 bridgehead atoms. The van der Waals surface area contributed by atoms with Crippen LogP contribution in [0.25, 0.3) is 39.1 Å². The van der Waals surface area contributed by atoms with E-state index in [0.717, 1.165) is 52.7 Å². The third-order valence-corrected chi connectivity index (χ3v) is 11.2. The van der Waals surface area contributed by atoms with Crippen LogP contribution in [0.3, 0.4) is 0 Å². The number of pyridine rings is 1. The molecule has 13 nitrogen and oxygen atoms in total. The Kier molecular flexibility index (Phi) is 10.9. The van der Waals surface area contributed by atoms with Crippen LogP contribution in [0.4, 0.5) is 5.69 Å². The van der Waals surface area contributed by atoms with Crippen molar-refractivity contribution in [2.24, 2.45) is 0 Å². The van der Waals surface area contributed by atoms with Gasteiger partial charge >= 0.3 is 0 Å². The van der Waals surface area contributed by atoms with Crippen molar-refractivity contribution < 1.29 is 19.4 Å². The van der Waals surface area contributed by atoms with E-state index in [2.05, 4.69) is 59.9 Å². The summed E-state index contributed by atoms with van der Waals surface area (Å²) < 4.78 is 7.04. The lowest BCUT2D eigenvalue weighted by atomic mass is 9.98. The van der Waals surface area contributed by atoms with E-state index in [9.17, 15) is 9.59 Å². The summed E-state index contributed by atoms with van der Waals surface area (Å²) in [6.45, 7) is 7.39. The minimum atomic E-state index is -0.269. The number of aliphatic hydroxyl groups excluding tert-OH is 1. The highest BCUT2D eigenvalue weighted by atomic mass is 32.2. The van der Waals surface area contributed by atoms with Gasteiger partial charge in [0.2, 0.25) is 17.7 Å². The van der Waals surface area contributed by atoms with Crippen molar-refractivity contribution in [2.45, 2.75) is 50.5 Å². The summed E-state index contributed by atoms with van der Waals surface area (Å²) >= 11 is 1.71. The molecule has 2 amide bonds. The Balaban J connectivity index is 0.915. The van der Waals surface area contributed by atoms with Crippen LogP contribution in [0.1, 0.15) is 38.7 Å². The highest BCUT2D eigenvalue weighted by Gasteiger charge is 2.40. The SMILES string of the molecule is CS[C@@]1(CC(=O)Nc2ccc3[nH]nc(-c4ccc(OC(C)C)nc4)c3c2)CCN(CC(=O)N2CC=C(c3ccc(-c4ncn(CCO)n4)cc3)CC2)C1. The van der Waals surface area contributed by atoms with E-state index in [1.807, 2.05) is 61.2 Å². The van der Waals surface area contributed by atoms with Gasteiger partial charge in [-0.05, 0) is 68.3 Å². The van der Waals surface area contributed by atoms with Crippen molar-refractivity contribution >= 4 is 45.7 Å². The average Bonchev–Trinajstić information content (AvgIpc) is 3.91. The number of nitrogens with one attached hydrogen (secondary N) is 2. The van der Waals surface area contributed by atoms with Crippen molar-refractivity contribution in [3.05, 3.63) is 78.8 Å². The standard InChI is InChI=1S/C39H45N9O4S/c1-26(2)52-35-11-8-30(22-40-35)37-32-20-31(9-10-33(32)43-44-37)42-34(50)21-39(53-3)14-17-46(24-39)23-36(51)47-15-12-28(13-16-47)27-4-6-29(7-5-27)38-41-25-48(45-38)18-19-49/h4-12,20,22,25-26,49H,13-19,21,23-24H2,1-3H3,(H,42,50)(H,43,44)/t39-/m1/s1. The van der Waals surface area contributed by atoms with Crippen molar-refractivity contribution in [1.29, 1.82) is 0 Å². The zero-order valence-electron chi connectivity index (χ0n) is 30.3. The highest BCUT2D eigenvalue weighted by molar-refractivity contribution is 8.00. The fourth-order valence-corrected chi connectivity index (χ4v) is 7.89. The monoisotopic (exact) mass is 735 g/mol. The number of likely N-dealkylation sites (tertiary alicyclic amines) is 1. The van der Waals surface area contributed by atoms with Gasteiger partial charge in [0.1, 0.15) is 12.0 Å². The van der Waals surface area contributed by atoms with Crippen molar-refractivity contribution in [3.63, 3.8) is 0 Å². The number of hydrogen-bond acceptors (Lipinski definition) is 10. The first-order chi connectivity index (χ1) is 25.7. The van der Waals surface area contributed by atoms with E-state index < -0.39 is 0 Å². The molecule has 53 heavy (non-hydrogen) atoms. The lowest BCUT2D eigenvalue weighted by Crippen LogP contribution is -2.43. The highest BCUT2D eigenvalue weighted by Crippen LogP contribution is 2.37. The van der Waals surface area contributed by atoms with Gasteiger partial charge < -0.3 is 20.1 Å². The van der Waals surface area contributed by atoms with E-state index in [4.69, 9.17) is 9.84 Å². The normalized spacial score (nSPS) is 17.8. The second-order valence-electron chi connectivity index (χ2n) is 13.9. The number of carbonyl (C=O) groups is 2. The topological polar surface area (TPSA) is 154 Å². The van der Waals surface area contributed by atoms with Crippen molar-refractivity contribution in [2.75, 3.05) is 50.9 Å². The maximum atomic E-state index is 13.4. The summed E-state index contributed by atoms with van der Waals surface area (Å²) in [7, 11) is 0. The molecule has 1 fully saturated rings. The van der Waals surface area contributed by atoms with E-state index in [1.165, 1.54) is 5.57 Å². The van der Waals surface area contributed by atoms with E-state index >= 15 is 0 Å². The minimum absolute atomic E-state index is 0.0175. The third kappa shape index (κ3) is 8.45. The third-order valence-electron chi connectivity index (χ3n) is 9.82. The molecule has 2 aliphatic rings. The molecule has 7 rings (SSSR count). The maximum Gasteiger partial charge on any atom is 0.237 e. The van der Waals surface area contributed by atoms with Crippen LogP contribution in [0.15, 0.2) is 73.2 Å². The van der Waals surface area contributed by atoms with Gasteiger partial charge in [0.15, 0.2) is 5.82 Å². The lowest BCUT2D eigenvalue weighted by Gasteiger charge is -2.30. The minimum Gasteiger partial charge on any atom is -0.475 e. The Bertz CT molecular complexity index is 2090. The molecule has 5 aromatic rings. The number of thioether (sulfide) groups is 1. The fraction of sp³-hybridized carbons (Fsp3) is 0.385. The van der Waals surface area contributed by atoms with Crippen LogP contribution < -0.4 is 10.1 Å². The first-order valence-electron chi connectivity index (χ1n) is 18.0. The van der Waals surface area contributed by atoms with Gasteiger partial charge in [0.05, 0.1) is 31.3 Å². The number of aliphatic hydroxyl groups is 1. The van der Waals surface area contributed by atoms with Crippen LogP contribution in [0, 0.1) is 0 Å². The molecule has 2 aromatic carbocycles. The number of benzene rings is 2. The molecule has 14 heteroatoms. The first kappa shape index (κ1) is 36.3. The predicted molar refractivity (Wildman–Crippen MR) is 207 cm³/mol. The van der Waals surface area contributed by atoms with Gasteiger partial charge in [-0.15, -0.1) is 0 Å². The lowest BCUT2D eigenvalue weighted by molar-refractivity contribution is -0.131. The van der Waals surface area contributed by atoms with Crippen molar-refractivity contribution in [1.82, 2.24) is 39.7 Å². The molecule has 0 saturated carbocycles. The summed E-state index contributed by atoms with van der Waals surface area (Å²) in [5.74, 6) is 1.25. The quantitative estimate of drug-likeness (QED) is 0.149. The van der Waals surface area contributed by atoms with Crippen LogP contribution in [-0.2, 0) is 16.1 Å². The number of nitrogens with zero attached hydrogens (tertiary/aromatic N) is 7. The molecule has 0 aliphatic carbocycles. The molecular formula is C39H45N9O4S. The molecule has 0 unspecified atom stereocenters. The van der Waals surface area contributed by atoms with Gasteiger partial charge in [-0.1, -0.05) is 30.3 Å². The summed E-state index contributed by atoms with van der Waals surface area (Å²) in [5.41, 5.74) is 6.44. The second-order valence-corrected chi connectivity index (χ2v) is 15.2. The molecule has 5 heterocycles. The first-order valence-corrected chi connectivity index (χ1v) is 19.2. The van der Waals surface area contributed by atoms with Crippen LogP contribution in [-0.4, -0.2) is 113 Å². The molecule has 3 N–H and O–H groups in total. The number of amides is 2. The molecule has 276 valence electrons. The molecule has 0 spiro atoms. The van der Waals surface area contributed by atoms with Crippen LogP contribution in [0.2, 0.25) is 0 Å².